The van der Waals surface area contributed by atoms with E-state index in [2.05, 4.69) is 56.3 Å². The topological polar surface area (TPSA) is 94.6 Å². The number of anilines is 2. The van der Waals surface area contributed by atoms with E-state index in [0.29, 0.717) is 24.4 Å². The molecule has 2 saturated heterocycles. The minimum Gasteiger partial charge on any atom is -0.339 e. The summed E-state index contributed by atoms with van der Waals surface area (Å²) >= 11 is 1.44. The summed E-state index contributed by atoms with van der Waals surface area (Å²) in [7, 11) is 0. The second-order valence-electron chi connectivity index (χ2n) is 10.1. The lowest BCUT2D eigenvalue weighted by Crippen LogP contribution is -2.52. The van der Waals surface area contributed by atoms with Crippen LogP contribution in [0, 0.1) is 0 Å². The molecule has 9 heteroatoms. The van der Waals surface area contributed by atoms with Gasteiger partial charge in [-0.3, -0.25) is 24.6 Å². The minimum atomic E-state index is -0.570. The van der Waals surface area contributed by atoms with Gasteiger partial charge >= 0.3 is 0 Å². The first-order valence-corrected chi connectivity index (χ1v) is 13.6. The number of aromatic nitrogens is 1. The lowest BCUT2D eigenvalue weighted by molar-refractivity contribution is -0.136. The predicted octanol–water partition coefficient (Wildman–Crippen LogP) is 4.03. The molecule has 8 nitrogen and oxygen atoms in total. The fraction of sp³-hybridized carbons (Fsp3) is 0.357. The summed E-state index contributed by atoms with van der Waals surface area (Å²) in [6, 6.07) is 16.1. The van der Waals surface area contributed by atoms with Crippen LogP contribution in [0.2, 0.25) is 0 Å². The van der Waals surface area contributed by atoms with Crippen molar-refractivity contribution in [2.75, 3.05) is 18.4 Å². The Morgan fingerprint density at radius 1 is 1.03 bits per heavy atom. The van der Waals surface area contributed by atoms with Crippen LogP contribution in [0.15, 0.2) is 53.9 Å². The Kier molecular flexibility index (Phi) is 6.48. The van der Waals surface area contributed by atoms with Crippen molar-refractivity contribution in [2.45, 2.75) is 50.7 Å². The van der Waals surface area contributed by atoms with E-state index < -0.39 is 6.04 Å². The number of likely N-dealkylation sites (tertiary alicyclic amines) is 1. The molecule has 1 unspecified atom stereocenters. The summed E-state index contributed by atoms with van der Waals surface area (Å²) in [5.74, 6) is 0.587. The summed E-state index contributed by atoms with van der Waals surface area (Å²) in [6.07, 6.45) is 2.80. The molecule has 3 aromatic rings. The number of fused-ring (bicyclic) bond motifs is 1. The van der Waals surface area contributed by atoms with E-state index in [4.69, 9.17) is 0 Å². The first-order chi connectivity index (χ1) is 18.0. The molecular weight excluding hydrogens is 486 g/mol. The third-order valence-electron chi connectivity index (χ3n) is 7.65. The van der Waals surface area contributed by atoms with Gasteiger partial charge in [-0.05, 0) is 90.8 Å². The van der Waals surface area contributed by atoms with Crippen molar-refractivity contribution in [3.63, 3.8) is 0 Å². The van der Waals surface area contributed by atoms with Crippen LogP contribution >= 0.6 is 11.5 Å². The Balaban J connectivity index is 1.06. The van der Waals surface area contributed by atoms with Crippen LogP contribution in [-0.2, 0) is 22.7 Å². The quantitative estimate of drug-likeness (QED) is 0.482. The number of carbonyl (C=O) groups excluding carboxylic acids is 3. The molecule has 4 heterocycles. The molecule has 3 aliphatic rings. The number of benzene rings is 2. The highest BCUT2D eigenvalue weighted by Crippen LogP contribution is 2.34. The second-order valence-corrected chi connectivity index (χ2v) is 10.7. The Morgan fingerprint density at radius 2 is 1.89 bits per heavy atom. The zero-order valence-corrected chi connectivity index (χ0v) is 21.3. The first-order valence-electron chi connectivity index (χ1n) is 12.8. The predicted molar refractivity (Wildman–Crippen MR) is 142 cm³/mol. The molecule has 6 rings (SSSR count). The van der Waals surface area contributed by atoms with Crippen molar-refractivity contribution in [3.05, 3.63) is 76.2 Å². The largest absolute Gasteiger partial charge is 0.339 e. The molecule has 0 radical (unpaired) electrons. The van der Waals surface area contributed by atoms with Crippen molar-refractivity contribution in [2.24, 2.45) is 0 Å². The molecule has 0 bridgehead atoms. The van der Waals surface area contributed by atoms with Crippen LogP contribution in [0.5, 0.6) is 0 Å². The molecular formula is C28H29N5O3S. The molecule has 0 saturated carbocycles. The summed E-state index contributed by atoms with van der Waals surface area (Å²) in [4.78, 5) is 40.9. The van der Waals surface area contributed by atoms with Gasteiger partial charge in [-0.15, -0.1) is 0 Å². The maximum atomic E-state index is 13.0. The van der Waals surface area contributed by atoms with Crippen molar-refractivity contribution >= 4 is 40.8 Å². The van der Waals surface area contributed by atoms with Gasteiger partial charge in [0, 0.05) is 36.1 Å². The van der Waals surface area contributed by atoms with Gasteiger partial charge < -0.3 is 10.2 Å². The SMILES string of the molecule is O=C1CCC(N2Cc3cc(C4CCN(Cc5cccc(Nc6ccsn6)c5)CC4)ccc3C2=O)C(=O)N1. The van der Waals surface area contributed by atoms with E-state index in [1.165, 1.54) is 22.7 Å². The maximum absolute atomic E-state index is 13.0. The number of carbonyl (C=O) groups is 3. The van der Waals surface area contributed by atoms with Gasteiger partial charge in [0.15, 0.2) is 0 Å². The molecule has 0 spiro atoms. The monoisotopic (exact) mass is 515 g/mol. The Morgan fingerprint density at radius 3 is 2.68 bits per heavy atom. The van der Waals surface area contributed by atoms with Crippen molar-refractivity contribution in [3.8, 4) is 0 Å². The number of piperidine rings is 2. The third-order valence-corrected chi connectivity index (χ3v) is 8.21. The van der Waals surface area contributed by atoms with Gasteiger partial charge in [-0.2, -0.15) is 4.37 Å². The average Bonchev–Trinajstić information content (AvgIpc) is 3.52. The Hall–Kier alpha value is -3.56. The number of hydrogen-bond donors (Lipinski definition) is 2. The van der Waals surface area contributed by atoms with Gasteiger partial charge in [0.05, 0.1) is 0 Å². The smallest absolute Gasteiger partial charge is 0.255 e. The van der Waals surface area contributed by atoms with E-state index in [9.17, 15) is 14.4 Å². The molecule has 1 atom stereocenters. The van der Waals surface area contributed by atoms with E-state index in [0.717, 1.165) is 49.5 Å². The number of nitrogens with zero attached hydrogens (tertiary/aromatic N) is 3. The summed E-state index contributed by atoms with van der Waals surface area (Å²) in [6.45, 7) is 3.39. The van der Waals surface area contributed by atoms with Crippen LogP contribution < -0.4 is 10.6 Å². The highest BCUT2D eigenvalue weighted by Gasteiger charge is 2.39. The van der Waals surface area contributed by atoms with E-state index in [1.54, 1.807) is 4.90 Å². The molecule has 1 aromatic heterocycles. The number of rotatable bonds is 6. The van der Waals surface area contributed by atoms with Crippen LogP contribution in [0.1, 0.15) is 58.6 Å². The average molecular weight is 516 g/mol. The lowest BCUT2D eigenvalue weighted by Gasteiger charge is -2.32. The highest BCUT2D eigenvalue weighted by atomic mass is 32.1. The lowest BCUT2D eigenvalue weighted by atomic mass is 9.87. The van der Waals surface area contributed by atoms with E-state index in [-0.39, 0.29) is 24.1 Å². The van der Waals surface area contributed by atoms with Crippen LogP contribution in [0.4, 0.5) is 11.5 Å². The van der Waals surface area contributed by atoms with Crippen molar-refractivity contribution in [1.29, 1.82) is 0 Å². The summed E-state index contributed by atoms with van der Waals surface area (Å²) < 4.78 is 4.32. The normalized spacial score (nSPS) is 20.7. The maximum Gasteiger partial charge on any atom is 0.255 e. The fourth-order valence-electron chi connectivity index (χ4n) is 5.70. The molecule has 2 N–H and O–H groups in total. The van der Waals surface area contributed by atoms with Crippen LogP contribution in [0.3, 0.4) is 0 Å². The van der Waals surface area contributed by atoms with Gasteiger partial charge in [0.25, 0.3) is 5.91 Å². The van der Waals surface area contributed by atoms with E-state index in [1.807, 2.05) is 17.5 Å². The van der Waals surface area contributed by atoms with Gasteiger partial charge in [0.1, 0.15) is 11.9 Å². The molecule has 0 aliphatic carbocycles. The molecule has 3 amide bonds. The standard InChI is InChI=1S/C28H29N5O3S/c34-26-7-6-24(27(35)30-26)33-17-21-15-20(4-5-23(21)28(33)36)19-8-11-32(12-9-19)16-18-2-1-3-22(14-18)29-25-10-13-37-31-25/h1-5,10,13-15,19,24H,6-9,11-12,16-17H2,(H,29,31)(H,30,34,35). The molecule has 190 valence electrons. The number of imide groups is 1. The second kappa shape index (κ2) is 10.1. The van der Waals surface area contributed by atoms with Crippen molar-refractivity contribution < 1.29 is 14.4 Å². The van der Waals surface area contributed by atoms with Gasteiger partial charge in [0.2, 0.25) is 11.8 Å². The van der Waals surface area contributed by atoms with Gasteiger partial charge in [-0.1, -0.05) is 24.3 Å². The number of nitrogens with one attached hydrogen (secondary N) is 2. The zero-order valence-electron chi connectivity index (χ0n) is 20.5. The molecule has 2 aromatic carbocycles. The summed E-state index contributed by atoms with van der Waals surface area (Å²) in [5.41, 5.74) is 5.27. The Bertz CT molecular complexity index is 1330. The number of hydrogen-bond acceptors (Lipinski definition) is 7. The Labute approximate surface area is 219 Å². The zero-order chi connectivity index (χ0) is 25.4. The first kappa shape index (κ1) is 23.8. The molecule has 3 aliphatic heterocycles. The minimum absolute atomic E-state index is 0.114. The molecule has 2 fully saturated rings. The third kappa shape index (κ3) is 5.01. The fourth-order valence-corrected chi connectivity index (χ4v) is 6.17. The van der Waals surface area contributed by atoms with Crippen LogP contribution in [0.25, 0.3) is 0 Å². The summed E-state index contributed by atoms with van der Waals surface area (Å²) in [5, 5.41) is 7.69. The number of amides is 3. The highest BCUT2D eigenvalue weighted by molar-refractivity contribution is 7.03. The van der Waals surface area contributed by atoms with Crippen LogP contribution in [-0.4, -0.2) is 51.0 Å². The molecule has 37 heavy (non-hydrogen) atoms. The van der Waals surface area contributed by atoms with Crippen molar-refractivity contribution in [1.82, 2.24) is 19.5 Å². The van der Waals surface area contributed by atoms with Gasteiger partial charge in [-0.25, -0.2) is 0 Å². The van der Waals surface area contributed by atoms with E-state index >= 15 is 0 Å².